The molecule has 0 atom stereocenters. The van der Waals surface area contributed by atoms with Gasteiger partial charge >= 0.3 is 0 Å². The Hall–Kier alpha value is -2.68. The maximum absolute atomic E-state index is 11.0. The standard InChI is InChI=1S/C16H10N2O/c19-9-11-8-18-15-13(11)5-6-14-12-4-2-1-3-10(12)7-17-16(14)15/h1-9,17H. The molecule has 2 heterocycles. The maximum atomic E-state index is 11.0. The van der Waals surface area contributed by atoms with Crippen molar-refractivity contribution < 1.29 is 4.79 Å². The molecule has 2 aromatic heterocycles. The van der Waals surface area contributed by atoms with E-state index in [-0.39, 0.29) is 0 Å². The highest BCUT2D eigenvalue weighted by Crippen LogP contribution is 2.29. The molecule has 0 bridgehead atoms. The largest absolute Gasteiger partial charge is 0.359 e. The summed E-state index contributed by atoms with van der Waals surface area (Å²) in [4.78, 5) is 18.6. The van der Waals surface area contributed by atoms with Crippen molar-refractivity contribution in [3.05, 3.63) is 54.4 Å². The Bertz CT molecular complexity index is 937. The van der Waals surface area contributed by atoms with Gasteiger partial charge in [0.15, 0.2) is 6.29 Å². The van der Waals surface area contributed by atoms with Gasteiger partial charge in [0.25, 0.3) is 0 Å². The number of nitrogens with one attached hydrogen (secondary N) is 1. The summed E-state index contributed by atoms with van der Waals surface area (Å²) in [5.41, 5.74) is 2.47. The number of carbonyl (C=O) groups is 1. The maximum Gasteiger partial charge on any atom is 0.152 e. The van der Waals surface area contributed by atoms with Crippen LogP contribution in [0.2, 0.25) is 0 Å². The highest BCUT2D eigenvalue weighted by molar-refractivity contribution is 6.16. The fraction of sp³-hybridized carbons (Fsp3) is 0. The average molecular weight is 246 g/mol. The third-order valence-corrected chi connectivity index (χ3v) is 3.57. The Morgan fingerprint density at radius 2 is 1.84 bits per heavy atom. The smallest absolute Gasteiger partial charge is 0.152 e. The number of aromatic amines is 1. The van der Waals surface area contributed by atoms with Crippen LogP contribution in [-0.4, -0.2) is 16.3 Å². The van der Waals surface area contributed by atoms with Gasteiger partial charge in [-0.15, -0.1) is 0 Å². The normalized spacial score (nSPS) is 11.4. The van der Waals surface area contributed by atoms with Gasteiger partial charge in [-0.1, -0.05) is 36.4 Å². The van der Waals surface area contributed by atoms with E-state index in [1.807, 2.05) is 30.5 Å². The van der Waals surface area contributed by atoms with Gasteiger partial charge in [0, 0.05) is 28.7 Å². The number of hydrogen-bond acceptors (Lipinski definition) is 2. The first-order valence-electron chi connectivity index (χ1n) is 6.11. The second-order valence-electron chi connectivity index (χ2n) is 4.59. The Kier molecular flexibility index (Phi) is 1.97. The van der Waals surface area contributed by atoms with Crippen molar-refractivity contribution in [2.24, 2.45) is 0 Å². The van der Waals surface area contributed by atoms with E-state index < -0.39 is 0 Å². The Morgan fingerprint density at radius 1 is 1.00 bits per heavy atom. The van der Waals surface area contributed by atoms with E-state index in [9.17, 15) is 4.79 Å². The topological polar surface area (TPSA) is 45.8 Å². The first-order valence-corrected chi connectivity index (χ1v) is 6.11. The van der Waals surface area contributed by atoms with E-state index in [2.05, 4.69) is 22.1 Å². The van der Waals surface area contributed by atoms with Crippen molar-refractivity contribution >= 4 is 38.9 Å². The molecule has 0 saturated carbocycles. The lowest BCUT2D eigenvalue weighted by molar-refractivity contribution is 0.112. The molecule has 0 radical (unpaired) electrons. The van der Waals surface area contributed by atoms with Gasteiger partial charge < -0.3 is 4.98 Å². The predicted octanol–water partition coefficient (Wildman–Crippen LogP) is 3.68. The van der Waals surface area contributed by atoms with Gasteiger partial charge in [-0.3, -0.25) is 9.78 Å². The number of aromatic nitrogens is 2. The predicted molar refractivity (Wildman–Crippen MR) is 76.5 cm³/mol. The Labute approximate surface area is 108 Å². The molecule has 3 nitrogen and oxygen atoms in total. The second-order valence-corrected chi connectivity index (χ2v) is 4.59. The molecule has 0 aliphatic carbocycles. The lowest BCUT2D eigenvalue weighted by atomic mass is 10.0. The van der Waals surface area contributed by atoms with E-state index in [0.29, 0.717) is 5.56 Å². The molecular formula is C16H10N2O. The number of hydrogen-bond donors (Lipinski definition) is 1. The molecule has 0 unspecified atom stereocenters. The average Bonchev–Trinajstić information content (AvgIpc) is 2.90. The number of benzene rings is 2. The van der Waals surface area contributed by atoms with Crippen LogP contribution in [0, 0.1) is 0 Å². The third kappa shape index (κ3) is 1.32. The number of H-pyrrole nitrogens is 1. The van der Waals surface area contributed by atoms with Crippen LogP contribution < -0.4 is 0 Å². The van der Waals surface area contributed by atoms with Gasteiger partial charge in [-0.2, -0.15) is 0 Å². The zero-order valence-corrected chi connectivity index (χ0v) is 10.1. The molecule has 0 saturated heterocycles. The van der Waals surface area contributed by atoms with Crippen molar-refractivity contribution in [1.82, 2.24) is 9.97 Å². The third-order valence-electron chi connectivity index (χ3n) is 3.57. The molecule has 0 fully saturated rings. The van der Waals surface area contributed by atoms with Gasteiger partial charge in [0.2, 0.25) is 0 Å². The van der Waals surface area contributed by atoms with Gasteiger partial charge in [-0.25, -0.2) is 0 Å². The monoisotopic (exact) mass is 246 g/mol. The number of nitrogens with zero attached hydrogens (tertiary/aromatic N) is 1. The zero-order chi connectivity index (χ0) is 12.8. The summed E-state index contributed by atoms with van der Waals surface area (Å²) in [6.45, 7) is 0. The quantitative estimate of drug-likeness (QED) is 0.411. The molecule has 4 aromatic rings. The molecule has 1 N–H and O–H groups in total. The minimum Gasteiger partial charge on any atom is -0.359 e. The summed E-state index contributed by atoms with van der Waals surface area (Å²) >= 11 is 0. The van der Waals surface area contributed by atoms with Crippen LogP contribution in [0.3, 0.4) is 0 Å². The summed E-state index contributed by atoms with van der Waals surface area (Å²) < 4.78 is 0. The zero-order valence-electron chi connectivity index (χ0n) is 10.1. The molecule has 4 rings (SSSR count). The number of aldehydes is 1. The summed E-state index contributed by atoms with van der Waals surface area (Å²) in [5, 5.41) is 4.38. The highest BCUT2D eigenvalue weighted by atomic mass is 16.1. The van der Waals surface area contributed by atoms with E-state index in [4.69, 9.17) is 0 Å². The summed E-state index contributed by atoms with van der Waals surface area (Å²) in [6.07, 6.45) is 4.45. The first-order chi connectivity index (χ1) is 9.38. The number of rotatable bonds is 1. The summed E-state index contributed by atoms with van der Waals surface area (Å²) in [6, 6.07) is 12.2. The number of carbonyl (C=O) groups excluding carboxylic acids is 1. The molecule has 90 valence electrons. The van der Waals surface area contributed by atoms with E-state index in [0.717, 1.165) is 33.5 Å². The summed E-state index contributed by atoms with van der Waals surface area (Å²) in [7, 11) is 0. The fourth-order valence-corrected chi connectivity index (χ4v) is 2.64. The van der Waals surface area contributed by atoms with Crippen LogP contribution in [0.25, 0.3) is 32.6 Å². The lowest BCUT2D eigenvalue weighted by Crippen LogP contribution is -1.84. The van der Waals surface area contributed by atoms with E-state index >= 15 is 0 Å². The van der Waals surface area contributed by atoms with Crippen molar-refractivity contribution in [2.45, 2.75) is 0 Å². The number of pyridine rings is 1. The molecule has 0 spiro atoms. The van der Waals surface area contributed by atoms with Crippen LogP contribution in [0.5, 0.6) is 0 Å². The fourth-order valence-electron chi connectivity index (χ4n) is 2.64. The van der Waals surface area contributed by atoms with Gasteiger partial charge in [-0.05, 0) is 10.8 Å². The molecule has 0 amide bonds. The minimum atomic E-state index is 0.637. The number of fused-ring (bicyclic) bond motifs is 5. The van der Waals surface area contributed by atoms with Crippen LogP contribution in [0.15, 0.2) is 48.8 Å². The highest BCUT2D eigenvalue weighted by Gasteiger charge is 2.09. The van der Waals surface area contributed by atoms with Crippen molar-refractivity contribution in [3.63, 3.8) is 0 Å². The van der Waals surface area contributed by atoms with Crippen LogP contribution in [-0.2, 0) is 0 Å². The molecule has 2 aromatic carbocycles. The summed E-state index contributed by atoms with van der Waals surface area (Å²) in [5.74, 6) is 0. The molecular weight excluding hydrogens is 236 g/mol. The lowest BCUT2D eigenvalue weighted by Gasteiger charge is -2.05. The SMILES string of the molecule is O=Cc1cnc2c1ccc1c3ccccc3c[nH]c12. The minimum absolute atomic E-state index is 0.637. The Morgan fingerprint density at radius 3 is 2.74 bits per heavy atom. The van der Waals surface area contributed by atoms with E-state index in [1.165, 1.54) is 5.39 Å². The van der Waals surface area contributed by atoms with Gasteiger partial charge in [0.1, 0.15) is 0 Å². The first kappa shape index (κ1) is 10.3. The van der Waals surface area contributed by atoms with Crippen LogP contribution in [0.1, 0.15) is 10.4 Å². The Balaban J connectivity index is 2.26. The van der Waals surface area contributed by atoms with Crippen molar-refractivity contribution in [3.8, 4) is 0 Å². The van der Waals surface area contributed by atoms with Crippen molar-refractivity contribution in [2.75, 3.05) is 0 Å². The van der Waals surface area contributed by atoms with Crippen LogP contribution in [0.4, 0.5) is 0 Å². The molecule has 19 heavy (non-hydrogen) atoms. The van der Waals surface area contributed by atoms with E-state index in [1.54, 1.807) is 6.20 Å². The molecule has 0 aliphatic rings. The van der Waals surface area contributed by atoms with Gasteiger partial charge in [0.05, 0.1) is 11.0 Å². The second kappa shape index (κ2) is 3.65. The van der Waals surface area contributed by atoms with Crippen molar-refractivity contribution in [1.29, 1.82) is 0 Å². The molecule has 0 aliphatic heterocycles. The van der Waals surface area contributed by atoms with Crippen LogP contribution >= 0.6 is 0 Å². The molecule has 3 heteroatoms.